The van der Waals surface area contributed by atoms with Gasteiger partial charge in [0.2, 0.25) is 0 Å². The lowest BCUT2D eigenvalue weighted by atomic mass is 10.2. The largest absolute Gasteiger partial charge is 0.322 e. The van der Waals surface area contributed by atoms with E-state index < -0.39 is 0 Å². The van der Waals surface area contributed by atoms with Gasteiger partial charge >= 0.3 is 0 Å². The molecule has 0 aliphatic heterocycles. The van der Waals surface area contributed by atoms with Gasteiger partial charge < -0.3 is 5.32 Å². The Labute approximate surface area is 114 Å². The van der Waals surface area contributed by atoms with Crippen LogP contribution < -0.4 is 5.32 Å². The van der Waals surface area contributed by atoms with Crippen LogP contribution in [0.2, 0.25) is 5.02 Å². The lowest BCUT2D eigenvalue weighted by molar-refractivity contribution is 0.102. The van der Waals surface area contributed by atoms with Crippen molar-refractivity contribution in [3.8, 4) is 0 Å². The number of carbonyl (C=O) groups is 1. The first-order valence-corrected chi connectivity index (χ1v) is 5.79. The van der Waals surface area contributed by atoms with Gasteiger partial charge in [-0.15, -0.1) is 0 Å². The number of nitrogens with zero attached hydrogens (tertiary/aromatic N) is 3. The van der Waals surface area contributed by atoms with E-state index in [2.05, 4.69) is 15.3 Å². The number of hydrogen-bond donors (Lipinski definition) is 1. The lowest BCUT2D eigenvalue weighted by Gasteiger charge is -2.05. The van der Waals surface area contributed by atoms with Crippen molar-refractivity contribution in [3.63, 3.8) is 0 Å². The Bertz CT molecular complexity index is 665. The highest BCUT2D eigenvalue weighted by Crippen LogP contribution is 2.18. The molecule has 0 atom stereocenters. The standard InChI is InChI=1S/C13H9ClN4O/c14-10-4-2-5-11(8-10)16-13(19)9-3-1-6-12(7-9)17-18-15/h1-8H,(H,16,19). The molecule has 0 aliphatic rings. The lowest BCUT2D eigenvalue weighted by Crippen LogP contribution is -2.11. The Morgan fingerprint density at radius 1 is 1.21 bits per heavy atom. The quantitative estimate of drug-likeness (QED) is 0.497. The maximum Gasteiger partial charge on any atom is 0.255 e. The zero-order valence-electron chi connectivity index (χ0n) is 9.75. The van der Waals surface area contributed by atoms with Gasteiger partial charge in [-0.25, -0.2) is 0 Å². The Kier molecular flexibility index (Phi) is 4.03. The summed E-state index contributed by atoms with van der Waals surface area (Å²) in [5.41, 5.74) is 9.76. The highest BCUT2D eigenvalue weighted by Gasteiger charge is 2.06. The highest BCUT2D eigenvalue weighted by atomic mass is 35.5. The van der Waals surface area contributed by atoms with Crippen molar-refractivity contribution in [3.05, 3.63) is 69.6 Å². The molecule has 1 amide bonds. The third kappa shape index (κ3) is 3.48. The molecule has 0 saturated carbocycles. The second-order valence-electron chi connectivity index (χ2n) is 3.70. The molecule has 2 aromatic rings. The molecule has 0 unspecified atom stereocenters. The molecule has 1 N–H and O–H groups in total. The molecule has 5 nitrogen and oxygen atoms in total. The van der Waals surface area contributed by atoms with Crippen molar-refractivity contribution >= 4 is 28.9 Å². The van der Waals surface area contributed by atoms with Gasteiger partial charge in [0.1, 0.15) is 0 Å². The van der Waals surface area contributed by atoms with Crippen molar-refractivity contribution in [1.29, 1.82) is 0 Å². The molecule has 94 valence electrons. The summed E-state index contributed by atoms with van der Waals surface area (Å²) in [5.74, 6) is -0.294. The van der Waals surface area contributed by atoms with Crippen molar-refractivity contribution < 1.29 is 4.79 Å². The molecular formula is C13H9ClN4O. The molecule has 2 aromatic carbocycles. The van der Waals surface area contributed by atoms with Crippen molar-refractivity contribution in [2.75, 3.05) is 5.32 Å². The maximum atomic E-state index is 12.0. The maximum absolute atomic E-state index is 12.0. The van der Waals surface area contributed by atoms with Crippen LogP contribution in [0.1, 0.15) is 10.4 Å². The topological polar surface area (TPSA) is 77.9 Å². The highest BCUT2D eigenvalue weighted by molar-refractivity contribution is 6.30. The summed E-state index contributed by atoms with van der Waals surface area (Å²) in [4.78, 5) is 14.7. The van der Waals surface area contributed by atoms with Gasteiger partial charge in [0.25, 0.3) is 5.91 Å². The van der Waals surface area contributed by atoms with Gasteiger partial charge in [0.05, 0.1) is 0 Å². The van der Waals surface area contributed by atoms with Gasteiger partial charge in [-0.2, -0.15) is 0 Å². The fourth-order valence-corrected chi connectivity index (χ4v) is 1.72. The first-order chi connectivity index (χ1) is 9.19. The molecule has 0 aliphatic carbocycles. The predicted molar refractivity (Wildman–Crippen MR) is 74.7 cm³/mol. The zero-order valence-corrected chi connectivity index (χ0v) is 10.5. The van der Waals surface area contributed by atoms with E-state index in [4.69, 9.17) is 17.1 Å². The second-order valence-corrected chi connectivity index (χ2v) is 4.14. The molecule has 0 saturated heterocycles. The SMILES string of the molecule is [N-]=[N+]=Nc1cccc(C(=O)Nc2cccc(Cl)c2)c1. The van der Waals surface area contributed by atoms with Gasteiger partial charge in [0.15, 0.2) is 0 Å². The molecule has 19 heavy (non-hydrogen) atoms. The van der Waals surface area contributed by atoms with Crippen LogP contribution in [0.4, 0.5) is 11.4 Å². The van der Waals surface area contributed by atoms with Crippen molar-refractivity contribution in [2.24, 2.45) is 5.11 Å². The third-order valence-corrected chi connectivity index (χ3v) is 2.59. The van der Waals surface area contributed by atoms with E-state index in [9.17, 15) is 4.79 Å². The van der Waals surface area contributed by atoms with E-state index in [1.807, 2.05) is 0 Å². The normalized spacial score (nSPS) is 9.53. The summed E-state index contributed by atoms with van der Waals surface area (Å²) in [6.45, 7) is 0. The summed E-state index contributed by atoms with van der Waals surface area (Å²) in [6.07, 6.45) is 0. The number of rotatable bonds is 3. The predicted octanol–water partition coefficient (Wildman–Crippen LogP) is 4.53. The smallest absolute Gasteiger partial charge is 0.255 e. The molecular weight excluding hydrogens is 264 g/mol. The summed E-state index contributed by atoms with van der Waals surface area (Å²) in [5, 5.41) is 6.70. The molecule has 6 heteroatoms. The fourth-order valence-electron chi connectivity index (χ4n) is 1.53. The molecule has 0 aromatic heterocycles. The number of nitrogens with one attached hydrogen (secondary N) is 1. The number of halogens is 1. The molecule has 0 bridgehead atoms. The van der Waals surface area contributed by atoms with Crippen LogP contribution in [0.15, 0.2) is 53.6 Å². The minimum Gasteiger partial charge on any atom is -0.322 e. The Hall–Kier alpha value is -2.49. The summed E-state index contributed by atoms with van der Waals surface area (Å²) >= 11 is 5.83. The van der Waals surface area contributed by atoms with E-state index in [1.54, 1.807) is 42.5 Å². The monoisotopic (exact) mass is 272 g/mol. The van der Waals surface area contributed by atoms with Gasteiger partial charge in [0, 0.05) is 26.9 Å². The Balaban J connectivity index is 2.20. The molecule has 0 heterocycles. The summed E-state index contributed by atoms with van der Waals surface area (Å²) in [7, 11) is 0. The van der Waals surface area contributed by atoms with Crippen molar-refractivity contribution in [2.45, 2.75) is 0 Å². The van der Waals surface area contributed by atoms with E-state index in [1.165, 1.54) is 6.07 Å². The number of hydrogen-bond acceptors (Lipinski definition) is 2. The average molecular weight is 273 g/mol. The summed E-state index contributed by atoms with van der Waals surface area (Å²) < 4.78 is 0. The number of amides is 1. The molecule has 0 fully saturated rings. The van der Waals surface area contributed by atoms with Crippen LogP contribution in [-0.2, 0) is 0 Å². The number of benzene rings is 2. The first kappa shape index (κ1) is 13.0. The van der Waals surface area contributed by atoms with Gasteiger partial charge in [-0.1, -0.05) is 34.9 Å². The summed E-state index contributed by atoms with van der Waals surface area (Å²) in [6, 6.07) is 13.3. The molecule has 0 radical (unpaired) electrons. The van der Waals surface area contributed by atoms with Crippen LogP contribution >= 0.6 is 11.6 Å². The molecule has 2 rings (SSSR count). The first-order valence-electron chi connectivity index (χ1n) is 5.41. The second kappa shape index (κ2) is 5.91. The third-order valence-electron chi connectivity index (χ3n) is 2.35. The fraction of sp³-hybridized carbons (Fsp3) is 0. The van der Waals surface area contributed by atoms with E-state index >= 15 is 0 Å². The van der Waals surface area contributed by atoms with E-state index in [-0.39, 0.29) is 5.91 Å². The van der Waals surface area contributed by atoms with E-state index in [0.717, 1.165) is 0 Å². The van der Waals surface area contributed by atoms with Crippen molar-refractivity contribution in [1.82, 2.24) is 0 Å². The van der Waals surface area contributed by atoms with Crippen LogP contribution in [0, 0.1) is 0 Å². The number of carbonyl (C=O) groups excluding carboxylic acids is 1. The zero-order chi connectivity index (χ0) is 13.7. The number of azide groups is 1. The van der Waals surface area contributed by atoms with Gasteiger partial charge in [-0.05, 0) is 35.9 Å². The Morgan fingerprint density at radius 2 is 2.00 bits per heavy atom. The minimum atomic E-state index is -0.294. The van der Waals surface area contributed by atoms with Crippen LogP contribution in [0.5, 0.6) is 0 Å². The minimum absolute atomic E-state index is 0.294. The average Bonchev–Trinajstić information content (AvgIpc) is 2.39. The van der Waals surface area contributed by atoms with Crippen LogP contribution in [0.3, 0.4) is 0 Å². The molecule has 0 spiro atoms. The Morgan fingerprint density at radius 3 is 2.74 bits per heavy atom. The van der Waals surface area contributed by atoms with Crippen LogP contribution in [-0.4, -0.2) is 5.91 Å². The number of anilines is 1. The van der Waals surface area contributed by atoms with Crippen LogP contribution in [0.25, 0.3) is 10.4 Å². The van der Waals surface area contributed by atoms with E-state index in [0.29, 0.717) is 22.0 Å². The van der Waals surface area contributed by atoms with Gasteiger partial charge in [-0.3, -0.25) is 4.79 Å².